The average Bonchev–Trinajstić information content (AvgIpc) is 2.64. The molecule has 0 N–H and O–H groups in total. The highest BCUT2D eigenvalue weighted by atomic mass is 35.5. The number of aromatic nitrogens is 2. The molecular formula is C11H18ClN3OS. The van der Waals surface area contributed by atoms with Crippen LogP contribution in [0.15, 0.2) is 6.20 Å². The average molecular weight is 276 g/mol. The first-order valence-corrected chi connectivity index (χ1v) is 7.21. The van der Waals surface area contributed by atoms with Gasteiger partial charge in [0.1, 0.15) is 5.69 Å². The van der Waals surface area contributed by atoms with Gasteiger partial charge in [-0.2, -0.15) is 16.9 Å². The van der Waals surface area contributed by atoms with Gasteiger partial charge in [-0.05, 0) is 20.4 Å². The highest BCUT2D eigenvalue weighted by Gasteiger charge is 2.16. The second-order valence-electron chi connectivity index (χ2n) is 4.03. The van der Waals surface area contributed by atoms with E-state index in [1.807, 2.05) is 25.3 Å². The van der Waals surface area contributed by atoms with Crippen molar-refractivity contribution in [3.8, 4) is 0 Å². The first kappa shape index (κ1) is 14.5. The zero-order valence-corrected chi connectivity index (χ0v) is 12.0. The third-order valence-corrected chi connectivity index (χ3v) is 3.24. The third kappa shape index (κ3) is 4.33. The van der Waals surface area contributed by atoms with E-state index in [1.165, 1.54) is 0 Å². The number of halogens is 1. The lowest BCUT2D eigenvalue weighted by molar-refractivity contribution is 0.0978. The number of rotatable bonds is 7. The number of likely N-dealkylation sites (N-methyl/N-ethyl adjacent to an activating group) is 1. The molecular weight excluding hydrogens is 258 g/mol. The minimum Gasteiger partial charge on any atom is -0.308 e. The molecule has 0 aromatic carbocycles. The van der Waals surface area contributed by atoms with Gasteiger partial charge in [0.2, 0.25) is 0 Å². The lowest BCUT2D eigenvalue weighted by Gasteiger charge is -2.11. The van der Waals surface area contributed by atoms with Gasteiger partial charge in [-0.3, -0.25) is 9.48 Å². The molecule has 0 radical (unpaired) electrons. The zero-order valence-electron chi connectivity index (χ0n) is 10.4. The van der Waals surface area contributed by atoms with Crippen LogP contribution < -0.4 is 0 Å². The molecule has 0 aliphatic heterocycles. The number of nitrogens with zero attached hydrogens (tertiary/aromatic N) is 3. The Morgan fingerprint density at radius 2 is 2.29 bits per heavy atom. The highest BCUT2D eigenvalue weighted by molar-refractivity contribution is 7.98. The van der Waals surface area contributed by atoms with Crippen LogP contribution in [-0.2, 0) is 6.54 Å². The van der Waals surface area contributed by atoms with Crippen molar-refractivity contribution in [2.24, 2.45) is 0 Å². The summed E-state index contributed by atoms with van der Waals surface area (Å²) >= 11 is 7.66. The predicted octanol–water partition coefficient (Wildman–Crippen LogP) is 2.03. The summed E-state index contributed by atoms with van der Waals surface area (Å²) in [5, 5.41) is 4.60. The van der Waals surface area contributed by atoms with Crippen molar-refractivity contribution in [1.82, 2.24) is 14.7 Å². The molecule has 0 saturated heterocycles. The van der Waals surface area contributed by atoms with Gasteiger partial charge >= 0.3 is 0 Å². The normalized spacial score (nSPS) is 11.1. The zero-order chi connectivity index (χ0) is 12.8. The maximum atomic E-state index is 12.0. The summed E-state index contributed by atoms with van der Waals surface area (Å²) in [5.41, 5.74) is 0.544. The highest BCUT2D eigenvalue weighted by Crippen LogP contribution is 2.17. The van der Waals surface area contributed by atoms with Crippen molar-refractivity contribution in [3.63, 3.8) is 0 Å². The Labute approximate surface area is 111 Å². The summed E-state index contributed by atoms with van der Waals surface area (Å²) in [4.78, 5) is 14.0. The van der Waals surface area contributed by atoms with Crippen LogP contribution in [0.3, 0.4) is 0 Å². The van der Waals surface area contributed by atoms with Gasteiger partial charge in [-0.1, -0.05) is 11.6 Å². The van der Waals surface area contributed by atoms with E-state index >= 15 is 0 Å². The standard InChI is InChI=1S/C11H18ClN3OS/c1-14(2)5-6-15-11(9(12)8-13-15)10(16)4-7-17-3/h8H,4-7H2,1-3H3. The third-order valence-electron chi connectivity index (χ3n) is 2.35. The van der Waals surface area contributed by atoms with Gasteiger partial charge < -0.3 is 4.90 Å². The van der Waals surface area contributed by atoms with Crippen LogP contribution in [-0.4, -0.2) is 53.1 Å². The molecule has 0 saturated carbocycles. The Kier molecular flexibility index (Phi) is 6.02. The molecule has 0 atom stereocenters. The fourth-order valence-corrected chi connectivity index (χ4v) is 2.05. The van der Waals surface area contributed by atoms with E-state index in [0.717, 1.165) is 12.3 Å². The largest absolute Gasteiger partial charge is 0.308 e. The van der Waals surface area contributed by atoms with Crippen molar-refractivity contribution < 1.29 is 4.79 Å². The van der Waals surface area contributed by atoms with Crippen molar-refractivity contribution in [1.29, 1.82) is 0 Å². The minimum absolute atomic E-state index is 0.0700. The quantitative estimate of drug-likeness (QED) is 0.714. The first-order valence-electron chi connectivity index (χ1n) is 5.44. The Morgan fingerprint density at radius 1 is 1.59 bits per heavy atom. The topological polar surface area (TPSA) is 38.1 Å². The Morgan fingerprint density at radius 3 is 2.88 bits per heavy atom. The fourth-order valence-electron chi connectivity index (χ4n) is 1.42. The van der Waals surface area contributed by atoms with Crippen molar-refractivity contribution in [2.75, 3.05) is 32.6 Å². The van der Waals surface area contributed by atoms with Gasteiger partial charge in [0.15, 0.2) is 5.78 Å². The van der Waals surface area contributed by atoms with Crippen molar-refractivity contribution in [3.05, 3.63) is 16.9 Å². The number of carbonyl (C=O) groups excluding carboxylic acids is 1. The number of ketones is 1. The van der Waals surface area contributed by atoms with E-state index < -0.39 is 0 Å². The van der Waals surface area contributed by atoms with Crippen LogP contribution in [0.1, 0.15) is 16.9 Å². The van der Waals surface area contributed by atoms with Gasteiger partial charge in [-0.25, -0.2) is 0 Å². The monoisotopic (exact) mass is 275 g/mol. The van der Waals surface area contributed by atoms with Gasteiger partial charge in [0.25, 0.3) is 0 Å². The van der Waals surface area contributed by atoms with Crippen molar-refractivity contribution in [2.45, 2.75) is 13.0 Å². The second kappa shape index (κ2) is 7.03. The molecule has 1 heterocycles. The summed E-state index contributed by atoms with van der Waals surface area (Å²) < 4.78 is 1.70. The lowest BCUT2D eigenvalue weighted by atomic mass is 10.2. The molecule has 0 amide bonds. The van der Waals surface area contributed by atoms with E-state index in [-0.39, 0.29) is 5.78 Å². The van der Waals surface area contributed by atoms with Crippen LogP contribution in [0.5, 0.6) is 0 Å². The molecule has 1 rings (SSSR count). The summed E-state index contributed by atoms with van der Waals surface area (Å²) in [7, 11) is 3.97. The molecule has 0 spiro atoms. The Bertz CT molecular complexity index is 379. The summed E-state index contributed by atoms with van der Waals surface area (Å²) in [6.07, 6.45) is 4.04. The van der Waals surface area contributed by atoms with E-state index in [2.05, 4.69) is 5.10 Å². The van der Waals surface area contributed by atoms with Crippen LogP contribution in [0, 0.1) is 0 Å². The van der Waals surface area contributed by atoms with Gasteiger partial charge in [0.05, 0.1) is 17.8 Å². The molecule has 0 unspecified atom stereocenters. The molecule has 4 nitrogen and oxygen atoms in total. The number of thioether (sulfide) groups is 1. The summed E-state index contributed by atoms with van der Waals surface area (Å²) in [5.74, 6) is 0.884. The lowest BCUT2D eigenvalue weighted by Crippen LogP contribution is -2.21. The molecule has 0 aliphatic rings. The molecule has 0 fully saturated rings. The molecule has 0 bridgehead atoms. The fraction of sp³-hybridized carbons (Fsp3) is 0.636. The summed E-state index contributed by atoms with van der Waals surface area (Å²) in [6, 6.07) is 0. The van der Waals surface area contributed by atoms with Gasteiger partial charge in [-0.15, -0.1) is 0 Å². The van der Waals surface area contributed by atoms with Gasteiger partial charge in [0, 0.05) is 18.7 Å². The first-order chi connectivity index (χ1) is 8.06. The number of carbonyl (C=O) groups is 1. The van der Waals surface area contributed by atoms with Crippen molar-refractivity contribution >= 4 is 29.1 Å². The van der Waals surface area contributed by atoms with E-state index in [9.17, 15) is 4.79 Å². The molecule has 1 aromatic heterocycles. The maximum absolute atomic E-state index is 12.0. The SMILES string of the molecule is CSCCC(=O)c1c(Cl)cnn1CCN(C)C. The molecule has 96 valence electrons. The number of Topliss-reactive ketones (excluding diaryl/α,β-unsaturated/α-hetero) is 1. The Hall–Kier alpha value is -0.520. The molecule has 1 aromatic rings. The molecule has 0 aliphatic carbocycles. The molecule has 17 heavy (non-hydrogen) atoms. The van der Waals surface area contributed by atoms with E-state index in [4.69, 9.17) is 11.6 Å². The second-order valence-corrected chi connectivity index (χ2v) is 5.43. The number of hydrogen-bond acceptors (Lipinski definition) is 4. The number of hydrogen-bond donors (Lipinski definition) is 0. The summed E-state index contributed by atoms with van der Waals surface area (Å²) in [6.45, 7) is 1.51. The molecule has 6 heteroatoms. The van der Waals surface area contributed by atoms with Crippen LogP contribution in [0.4, 0.5) is 0 Å². The maximum Gasteiger partial charge on any atom is 0.183 e. The van der Waals surface area contributed by atoms with Crippen LogP contribution >= 0.6 is 23.4 Å². The smallest absolute Gasteiger partial charge is 0.183 e. The van der Waals surface area contributed by atoms with E-state index in [1.54, 1.807) is 22.6 Å². The van der Waals surface area contributed by atoms with E-state index in [0.29, 0.717) is 23.7 Å². The van der Waals surface area contributed by atoms with Crippen LogP contribution in [0.2, 0.25) is 5.02 Å². The predicted molar refractivity (Wildman–Crippen MR) is 73.1 cm³/mol. The Balaban J connectivity index is 2.75. The van der Waals surface area contributed by atoms with Crippen LogP contribution in [0.25, 0.3) is 0 Å². The minimum atomic E-state index is 0.0700.